The standard InChI is InChI=1S/C20H22N4O/c1-15-4-3-5-19(16(15)2)22-8-10-23(11-9-22)20(25)17-6-7-24-14-21-13-18(24)12-17/h3-7,12-14H,8-11H2,1-2H3. The van der Waals surface area contributed by atoms with Crippen LogP contribution in [0.25, 0.3) is 5.52 Å². The highest BCUT2D eigenvalue weighted by atomic mass is 16.2. The summed E-state index contributed by atoms with van der Waals surface area (Å²) in [6.07, 6.45) is 5.41. The Kier molecular flexibility index (Phi) is 3.92. The Morgan fingerprint density at radius 3 is 2.68 bits per heavy atom. The zero-order valence-electron chi connectivity index (χ0n) is 14.6. The minimum absolute atomic E-state index is 0.101. The molecule has 5 heteroatoms. The van der Waals surface area contributed by atoms with Crippen LogP contribution in [0.15, 0.2) is 49.1 Å². The van der Waals surface area contributed by atoms with Crippen molar-refractivity contribution in [1.29, 1.82) is 0 Å². The molecule has 0 unspecified atom stereocenters. The molecule has 2 aromatic heterocycles. The number of imidazole rings is 1. The summed E-state index contributed by atoms with van der Waals surface area (Å²) < 4.78 is 1.91. The number of nitrogens with zero attached hydrogens (tertiary/aromatic N) is 4. The van der Waals surface area contributed by atoms with Gasteiger partial charge in [0.1, 0.15) is 0 Å². The zero-order valence-corrected chi connectivity index (χ0v) is 14.6. The van der Waals surface area contributed by atoms with Crippen molar-refractivity contribution in [3.63, 3.8) is 0 Å². The number of amides is 1. The Morgan fingerprint density at radius 1 is 1.08 bits per heavy atom. The van der Waals surface area contributed by atoms with E-state index >= 15 is 0 Å². The van der Waals surface area contributed by atoms with E-state index in [0.717, 1.165) is 37.3 Å². The number of hydrogen-bond donors (Lipinski definition) is 0. The minimum Gasteiger partial charge on any atom is -0.368 e. The molecule has 5 nitrogen and oxygen atoms in total. The molecule has 3 heterocycles. The topological polar surface area (TPSA) is 40.9 Å². The summed E-state index contributed by atoms with van der Waals surface area (Å²) in [5.74, 6) is 0.101. The van der Waals surface area contributed by atoms with Crippen LogP contribution in [0.1, 0.15) is 21.5 Å². The molecule has 0 spiro atoms. The number of carbonyl (C=O) groups excluding carboxylic acids is 1. The Balaban J connectivity index is 1.47. The smallest absolute Gasteiger partial charge is 0.254 e. The van der Waals surface area contributed by atoms with Crippen LogP contribution in [0.2, 0.25) is 0 Å². The molecule has 4 rings (SSSR count). The predicted octanol–water partition coefficient (Wildman–Crippen LogP) is 2.91. The van der Waals surface area contributed by atoms with Gasteiger partial charge in [-0.1, -0.05) is 12.1 Å². The second-order valence-electron chi connectivity index (χ2n) is 6.64. The van der Waals surface area contributed by atoms with E-state index in [1.165, 1.54) is 16.8 Å². The summed E-state index contributed by atoms with van der Waals surface area (Å²) in [4.78, 5) is 21.2. The second-order valence-corrected chi connectivity index (χ2v) is 6.64. The van der Waals surface area contributed by atoms with Gasteiger partial charge < -0.3 is 14.2 Å². The highest BCUT2D eigenvalue weighted by Crippen LogP contribution is 2.24. The lowest BCUT2D eigenvalue weighted by molar-refractivity contribution is 0.0747. The van der Waals surface area contributed by atoms with E-state index in [2.05, 4.69) is 41.9 Å². The average Bonchev–Trinajstić information content (AvgIpc) is 3.11. The number of fused-ring (bicyclic) bond motifs is 1. The van der Waals surface area contributed by atoms with Crippen molar-refractivity contribution in [2.75, 3.05) is 31.1 Å². The Hall–Kier alpha value is -2.82. The van der Waals surface area contributed by atoms with Gasteiger partial charge >= 0.3 is 0 Å². The molecule has 1 amide bonds. The molecule has 1 aromatic carbocycles. The number of aromatic nitrogens is 2. The van der Waals surface area contributed by atoms with Gasteiger partial charge in [-0.25, -0.2) is 4.98 Å². The first-order chi connectivity index (χ1) is 12.1. The van der Waals surface area contributed by atoms with E-state index in [1.54, 1.807) is 12.5 Å². The fourth-order valence-corrected chi connectivity index (χ4v) is 3.46. The van der Waals surface area contributed by atoms with E-state index < -0.39 is 0 Å². The first kappa shape index (κ1) is 15.7. The Bertz CT molecular complexity index is 922. The molecular weight excluding hydrogens is 312 g/mol. The highest BCUT2D eigenvalue weighted by Gasteiger charge is 2.23. The molecule has 0 aliphatic carbocycles. The molecule has 25 heavy (non-hydrogen) atoms. The number of rotatable bonds is 2. The van der Waals surface area contributed by atoms with Gasteiger partial charge in [0.2, 0.25) is 0 Å². The van der Waals surface area contributed by atoms with Gasteiger partial charge in [0.15, 0.2) is 0 Å². The van der Waals surface area contributed by atoms with Gasteiger partial charge in [-0.05, 0) is 43.2 Å². The summed E-state index contributed by atoms with van der Waals surface area (Å²) in [6, 6.07) is 10.2. The van der Waals surface area contributed by atoms with E-state index in [4.69, 9.17) is 0 Å². The van der Waals surface area contributed by atoms with E-state index in [-0.39, 0.29) is 5.91 Å². The van der Waals surface area contributed by atoms with Crippen LogP contribution in [0, 0.1) is 13.8 Å². The molecule has 0 radical (unpaired) electrons. The van der Waals surface area contributed by atoms with Gasteiger partial charge in [-0.2, -0.15) is 0 Å². The average molecular weight is 334 g/mol. The third-order valence-corrected chi connectivity index (χ3v) is 5.14. The highest BCUT2D eigenvalue weighted by molar-refractivity contribution is 5.95. The van der Waals surface area contributed by atoms with Gasteiger partial charge in [0, 0.05) is 43.6 Å². The fourth-order valence-electron chi connectivity index (χ4n) is 3.46. The van der Waals surface area contributed by atoms with Crippen molar-refractivity contribution < 1.29 is 4.79 Å². The first-order valence-electron chi connectivity index (χ1n) is 8.65. The van der Waals surface area contributed by atoms with Crippen molar-refractivity contribution in [3.8, 4) is 0 Å². The quantitative estimate of drug-likeness (QED) is 0.723. The van der Waals surface area contributed by atoms with Crippen molar-refractivity contribution in [3.05, 3.63) is 65.7 Å². The summed E-state index contributed by atoms with van der Waals surface area (Å²) in [5.41, 5.74) is 5.60. The number of aryl methyl sites for hydroxylation is 1. The van der Waals surface area contributed by atoms with Crippen LogP contribution < -0.4 is 4.90 Å². The SMILES string of the molecule is Cc1cccc(N2CCN(C(=O)c3ccn4cncc4c3)CC2)c1C. The van der Waals surface area contributed by atoms with Crippen LogP contribution >= 0.6 is 0 Å². The van der Waals surface area contributed by atoms with E-state index in [9.17, 15) is 4.79 Å². The maximum atomic E-state index is 12.8. The molecule has 1 aliphatic heterocycles. The number of benzene rings is 1. The van der Waals surface area contributed by atoms with Crippen LogP contribution in [0.4, 0.5) is 5.69 Å². The summed E-state index contributed by atoms with van der Waals surface area (Å²) in [7, 11) is 0. The third-order valence-electron chi connectivity index (χ3n) is 5.14. The first-order valence-corrected chi connectivity index (χ1v) is 8.65. The number of anilines is 1. The summed E-state index contributed by atoms with van der Waals surface area (Å²) in [6.45, 7) is 7.54. The number of pyridine rings is 1. The van der Waals surface area contributed by atoms with Crippen LogP contribution in [-0.2, 0) is 0 Å². The fraction of sp³-hybridized carbons (Fsp3) is 0.300. The second kappa shape index (κ2) is 6.24. The van der Waals surface area contributed by atoms with Gasteiger partial charge in [-0.3, -0.25) is 4.79 Å². The largest absolute Gasteiger partial charge is 0.368 e. The van der Waals surface area contributed by atoms with Gasteiger partial charge in [0.25, 0.3) is 5.91 Å². The van der Waals surface area contributed by atoms with Crippen LogP contribution in [-0.4, -0.2) is 46.4 Å². The maximum absolute atomic E-state index is 12.8. The minimum atomic E-state index is 0.101. The van der Waals surface area contributed by atoms with Crippen molar-refractivity contribution in [1.82, 2.24) is 14.3 Å². The summed E-state index contributed by atoms with van der Waals surface area (Å²) in [5, 5.41) is 0. The van der Waals surface area contributed by atoms with Crippen LogP contribution in [0.3, 0.4) is 0 Å². The van der Waals surface area contributed by atoms with E-state index in [0.29, 0.717) is 0 Å². The molecule has 3 aromatic rings. The lowest BCUT2D eigenvalue weighted by atomic mass is 10.1. The lowest BCUT2D eigenvalue weighted by Crippen LogP contribution is -2.49. The van der Waals surface area contributed by atoms with Crippen molar-refractivity contribution in [2.24, 2.45) is 0 Å². The van der Waals surface area contributed by atoms with Gasteiger partial charge in [-0.15, -0.1) is 0 Å². The summed E-state index contributed by atoms with van der Waals surface area (Å²) >= 11 is 0. The van der Waals surface area contributed by atoms with Gasteiger partial charge in [0.05, 0.1) is 18.0 Å². The van der Waals surface area contributed by atoms with Crippen molar-refractivity contribution >= 4 is 17.1 Å². The lowest BCUT2D eigenvalue weighted by Gasteiger charge is -2.37. The monoisotopic (exact) mass is 334 g/mol. The number of piperazine rings is 1. The molecule has 0 bridgehead atoms. The molecular formula is C20H22N4O. The molecule has 1 aliphatic rings. The molecule has 128 valence electrons. The molecule has 1 fully saturated rings. The Morgan fingerprint density at radius 2 is 1.88 bits per heavy atom. The van der Waals surface area contributed by atoms with Crippen molar-refractivity contribution in [2.45, 2.75) is 13.8 Å². The molecule has 0 atom stereocenters. The molecule has 1 saturated heterocycles. The zero-order chi connectivity index (χ0) is 17.4. The maximum Gasteiger partial charge on any atom is 0.254 e. The Labute approximate surface area is 147 Å². The predicted molar refractivity (Wildman–Crippen MR) is 99.2 cm³/mol. The third kappa shape index (κ3) is 2.86. The number of carbonyl (C=O) groups is 1. The van der Waals surface area contributed by atoms with Crippen LogP contribution in [0.5, 0.6) is 0 Å². The normalized spacial score (nSPS) is 15.0. The number of hydrogen-bond acceptors (Lipinski definition) is 3. The molecule has 0 saturated carbocycles. The van der Waals surface area contributed by atoms with E-state index in [1.807, 2.05) is 27.6 Å². The molecule has 0 N–H and O–H groups in total.